The summed E-state index contributed by atoms with van der Waals surface area (Å²) in [6.07, 6.45) is 46.4. The summed E-state index contributed by atoms with van der Waals surface area (Å²) in [6.45, 7) is 4.89. The molecule has 0 aliphatic rings. The van der Waals surface area contributed by atoms with Crippen molar-refractivity contribution in [3.63, 3.8) is 0 Å². The van der Waals surface area contributed by atoms with Crippen LogP contribution in [0.2, 0.25) is 0 Å². The van der Waals surface area contributed by atoms with Gasteiger partial charge in [-0.2, -0.15) is 0 Å². The van der Waals surface area contributed by atoms with Crippen LogP contribution in [0.5, 0.6) is 0 Å². The van der Waals surface area contributed by atoms with Crippen LogP contribution >= 0.6 is 0 Å². The number of amides is 1. The largest absolute Gasteiger partial charge is 0.480 e. The number of hydrogen-bond acceptors (Lipinski definition) is 5. The second kappa shape index (κ2) is 39.8. The lowest BCUT2D eigenvalue weighted by Crippen LogP contribution is -2.40. The third-order valence-corrected chi connectivity index (χ3v) is 9.66. The number of carboxylic acids is 1. The SMILES string of the molecule is CCCCC/C=C\C/C=C\C(CCCCCCC(=O)NC(CCCN)C(=O)O)OC(=O)CCCCCCCCCCC/C=C\CCCCCCCC. The fraction of sp³-hybridized carbons (Fsp3) is 0.800. The van der Waals surface area contributed by atoms with Gasteiger partial charge in [-0.1, -0.05) is 147 Å². The molecule has 2 unspecified atom stereocenters. The zero-order chi connectivity index (χ0) is 38.2. The summed E-state index contributed by atoms with van der Waals surface area (Å²) in [4.78, 5) is 36.3. The molecule has 7 nitrogen and oxygen atoms in total. The minimum atomic E-state index is -1.02. The Morgan fingerprint density at radius 3 is 1.63 bits per heavy atom. The van der Waals surface area contributed by atoms with Crippen molar-refractivity contribution in [3.8, 4) is 0 Å². The number of esters is 1. The molecule has 0 fully saturated rings. The number of rotatable bonds is 39. The monoisotopic (exact) mass is 731 g/mol. The van der Waals surface area contributed by atoms with Gasteiger partial charge in [-0.25, -0.2) is 4.79 Å². The average molecular weight is 731 g/mol. The molecule has 7 heteroatoms. The molecule has 0 heterocycles. The number of unbranched alkanes of at least 4 members (excludes halogenated alkanes) is 21. The van der Waals surface area contributed by atoms with Gasteiger partial charge in [-0.3, -0.25) is 9.59 Å². The zero-order valence-corrected chi connectivity index (χ0v) is 33.9. The van der Waals surface area contributed by atoms with E-state index in [0.717, 1.165) is 51.4 Å². The summed E-state index contributed by atoms with van der Waals surface area (Å²) in [5.74, 6) is -1.35. The Balaban J connectivity index is 4.21. The first-order valence-electron chi connectivity index (χ1n) is 21.8. The maximum atomic E-state index is 12.7. The highest BCUT2D eigenvalue weighted by Gasteiger charge is 2.19. The second-order valence-corrected chi connectivity index (χ2v) is 14.7. The lowest BCUT2D eigenvalue weighted by molar-refractivity contribution is -0.147. The third kappa shape index (κ3) is 36.0. The number of carboxylic acid groups (broad SMARTS) is 1. The standard InChI is InChI=1S/C45H82N2O5/c1-3-5-7-9-11-13-14-15-16-17-18-19-20-21-22-23-25-27-33-39-44(49)52-41(35-30-26-24-12-10-8-6-4-2)36-31-28-29-32-38-43(48)47-42(45(50)51)37-34-40-46/h12,15-16,24,30,35,41-42H,3-11,13-14,17-23,25-29,31-34,36-40,46H2,1-2H3,(H,47,48)(H,50,51)/b16-15-,24-12-,35-30-. The predicted octanol–water partition coefficient (Wildman–Crippen LogP) is 12.2. The summed E-state index contributed by atoms with van der Waals surface area (Å²) in [7, 11) is 0. The molecule has 0 aromatic heterocycles. The number of aliphatic carboxylic acids is 1. The molecule has 0 spiro atoms. The van der Waals surface area contributed by atoms with Crippen LogP contribution in [0.25, 0.3) is 0 Å². The molecule has 4 N–H and O–H groups in total. The normalized spacial score (nSPS) is 13.0. The number of carbonyl (C=O) groups excluding carboxylic acids is 2. The van der Waals surface area contributed by atoms with Gasteiger partial charge < -0.3 is 20.9 Å². The molecule has 0 saturated heterocycles. The number of nitrogens with one attached hydrogen (secondary N) is 1. The van der Waals surface area contributed by atoms with E-state index in [1.807, 2.05) is 6.08 Å². The van der Waals surface area contributed by atoms with Gasteiger partial charge in [0.2, 0.25) is 5.91 Å². The molecular weight excluding hydrogens is 649 g/mol. The molecule has 0 saturated carbocycles. The highest BCUT2D eigenvalue weighted by atomic mass is 16.5. The molecule has 0 aromatic carbocycles. The van der Waals surface area contributed by atoms with Crippen LogP contribution in [0.4, 0.5) is 0 Å². The molecule has 52 heavy (non-hydrogen) atoms. The molecule has 0 rings (SSSR count). The molecule has 0 radical (unpaired) electrons. The molecule has 0 aliphatic carbocycles. The van der Waals surface area contributed by atoms with Crippen molar-refractivity contribution in [2.24, 2.45) is 5.73 Å². The summed E-state index contributed by atoms with van der Waals surface area (Å²) < 4.78 is 5.91. The zero-order valence-electron chi connectivity index (χ0n) is 33.9. The Morgan fingerprint density at radius 1 is 0.577 bits per heavy atom. The van der Waals surface area contributed by atoms with Crippen molar-refractivity contribution in [1.29, 1.82) is 0 Å². The Bertz CT molecular complexity index is 915. The smallest absolute Gasteiger partial charge is 0.326 e. The van der Waals surface area contributed by atoms with Crippen molar-refractivity contribution in [2.45, 2.75) is 225 Å². The average Bonchev–Trinajstić information content (AvgIpc) is 3.13. The Kier molecular flexibility index (Phi) is 37.9. The minimum absolute atomic E-state index is 0.106. The van der Waals surface area contributed by atoms with Gasteiger partial charge in [0, 0.05) is 12.8 Å². The van der Waals surface area contributed by atoms with Crippen molar-refractivity contribution in [3.05, 3.63) is 36.5 Å². The molecule has 0 aliphatic heterocycles. The highest BCUT2D eigenvalue weighted by Crippen LogP contribution is 2.16. The van der Waals surface area contributed by atoms with Crippen LogP contribution in [-0.2, 0) is 19.1 Å². The molecular formula is C45H82N2O5. The Labute approximate surface area is 320 Å². The van der Waals surface area contributed by atoms with Gasteiger partial charge in [-0.05, 0) is 96.1 Å². The van der Waals surface area contributed by atoms with E-state index < -0.39 is 12.0 Å². The van der Waals surface area contributed by atoms with Crippen molar-refractivity contribution < 1.29 is 24.2 Å². The fourth-order valence-corrected chi connectivity index (χ4v) is 6.34. The van der Waals surface area contributed by atoms with Crippen LogP contribution < -0.4 is 11.1 Å². The molecule has 0 bridgehead atoms. The van der Waals surface area contributed by atoms with E-state index >= 15 is 0 Å². The summed E-state index contributed by atoms with van der Waals surface area (Å²) >= 11 is 0. The van der Waals surface area contributed by atoms with Gasteiger partial charge in [0.05, 0.1) is 0 Å². The van der Waals surface area contributed by atoms with Gasteiger partial charge in [0.15, 0.2) is 0 Å². The van der Waals surface area contributed by atoms with E-state index in [4.69, 9.17) is 10.5 Å². The molecule has 2 atom stereocenters. The van der Waals surface area contributed by atoms with Gasteiger partial charge in [0.1, 0.15) is 12.1 Å². The number of carbonyl (C=O) groups is 3. The second-order valence-electron chi connectivity index (χ2n) is 14.7. The topological polar surface area (TPSA) is 119 Å². The number of hydrogen-bond donors (Lipinski definition) is 3. The van der Waals surface area contributed by atoms with Crippen LogP contribution in [0.1, 0.15) is 213 Å². The summed E-state index contributed by atoms with van der Waals surface area (Å²) in [5.41, 5.74) is 5.48. The number of nitrogens with two attached hydrogens (primary N) is 1. The minimum Gasteiger partial charge on any atom is -0.480 e. The first kappa shape index (κ1) is 49.6. The third-order valence-electron chi connectivity index (χ3n) is 9.66. The van der Waals surface area contributed by atoms with Crippen molar-refractivity contribution >= 4 is 17.8 Å². The number of allylic oxidation sites excluding steroid dienone is 5. The molecule has 1 amide bonds. The van der Waals surface area contributed by atoms with Crippen molar-refractivity contribution in [2.75, 3.05) is 6.54 Å². The van der Waals surface area contributed by atoms with E-state index in [-0.39, 0.29) is 18.0 Å². The highest BCUT2D eigenvalue weighted by molar-refractivity contribution is 5.83. The van der Waals surface area contributed by atoms with Crippen LogP contribution in [0.3, 0.4) is 0 Å². The lowest BCUT2D eigenvalue weighted by Gasteiger charge is -2.15. The fourth-order valence-electron chi connectivity index (χ4n) is 6.34. The van der Waals surface area contributed by atoms with E-state index in [9.17, 15) is 19.5 Å². The summed E-state index contributed by atoms with van der Waals surface area (Å²) in [5, 5.41) is 11.9. The Hall–Kier alpha value is -2.41. The predicted molar refractivity (Wildman–Crippen MR) is 220 cm³/mol. The van der Waals surface area contributed by atoms with Crippen LogP contribution in [0.15, 0.2) is 36.5 Å². The molecule has 302 valence electrons. The Morgan fingerprint density at radius 2 is 1.06 bits per heavy atom. The van der Waals surface area contributed by atoms with E-state index in [0.29, 0.717) is 38.6 Å². The van der Waals surface area contributed by atoms with Gasteiger partial charge >= 0.3 is 11.9 Å². The van der Waals surface area contributed by atoms with Crippen LogP contribution in [-0.4, -0.2) is 41.6 Å². The maximum Gasteiger partial charge on any atom is 0.326 e. The first-order chi connectivity index (χ1) is 25.4. The van der Waals surface area contributed by atoms with Gasteiger partial charge in [0.25, 0.3) is 0 Å². The lowest BCUT2D eigenvalue weighted by atomic mass is 10.1. The number of ether oxygens (including phenoxy) is 1. The molecule has 0 aromatic rings. The van der Waals surface area contributed by atoms with E-state index in [1.54, 1.807) is 0 Å². The maximum absolute atomic E-state index is 12.7. The van der Waals surface area contributed by atoms with Crippen LogP contribution in [0, 0.1) is 0 Å². The van der Waals surface area contributed by atoms with Gasteiger partial charge in [-0.15, -0.1) is 0 Å². The van der Waals surface area contributed by atoms with Crippen molar-refractivity contribution in [1.82, 2.24) is 5.32 Å². The van der Waals surface area contributed by atoms with E-state index in [1.165, 1.54) is 116 Å². The van der Waals surface area contributed by atoms with E-state index in [2.05, 4.69) is 49.5 Å². The quantitative estimate of drug-likeness (QED) is 0.0329. The summed E-state index contributed by atoms with van der Waals surface area (Å²) in [6, 6.07) is -0.874. The first-order valence-corrected chi connectivity index (χ1v) is 21.8.